The zero-order chi connectivity index (χ0) is 26.7. The van der Waals surface area contributed by atoms with Crippen LogP contribution in [0.1, 0.15) is 29.0 Å². The number of carbonyl (C=O) groups excluding carboxylic acids is 1. The topological polar surface area (TPSA) is 99.9 Å². The molecular formula is C30H28N2O6. The molecule has 1 amide bonds. The van der Waals surface area contributed by atoms with Crippen molar-refractivity contribution in [2.75, 3.05) is 20.3 Å². The first-order valence-electron chi connectivity index (χ1n) is 12.2. The number of hydrogen-bond donors (Lipinski definition) is 1. The van der Waals surface area contributed by atoms with Gasteiger partial charge in [0, 0.05) is 24.6 Å². The maximum atomic E-state index is 11.9. The van der Waals surface area contributed by atoms with Gasteiger partial charge in [-0.2, -0.15) is 0 Å². The summed E-state index contributed by atoms with van der Waals surface area (Å²) in [7, 11) is 1.66. The van der Waals surface area contributed by atoms with Crippen molar-refractivity contribution in [1.29, 1.82) is 0 Å². The number of amides is 1. The van der Waals surface area contributed by atoms with Crippen LogP contribution < -0.4 is 19.5 Å². The molecule has 0 aliphatic heterocycles. The smallest absolute Gasteiger partial charge is 0.412 e. The Labute approximate surface area is 220 Å². The van der Waals surface area contributed by atoms with E-state index in [0.29, 0.717) is 19.6 Å². The van der Waals surface area contributed by atoms with Crippen molar-refractivity contribution in [2.24, 2.45) is 0 Å². The summed E-state index contributed by atoms with van der Waals surface area (Å²) >= 11 is 0. The Hall–Kier alpha value is -4.85. The zero-order valence-electron chi connectivity index (χ0n) is 20.9. The largest absolute Gasteiger partial charge is 0.497 e. The number of hydrogen-bond acceptors (Lipinski definition) is 6. The Morgan fingerprint density at radius 1 is 0.789 bits per heavy atom. The van der Waals surface area contributed by atoms with Crippen LogP contribution in [0.15, 0.2) is 103 Å². The van der Waals surface area contributed by atoms with Gasteiger partial charge >= 0.3 is 6.09 Å². The first-order chi connectivity index (χ1) is 18.5. The molecule has 0 bridgehead atoms. The third-order valence-corrected chi connectivity index (χ3v) is 5.91. The number of methoxy groups -OCH3 is 1. The van der Waals surface area contributed by atoms with E-state index in [1.54, 1.807) is 7.11 Å². The number of benzene rings is 4. The predicted molar refractivity (Wildman–Crippen MR) is 144 cm³/mol. The molecule has 1 unspecified atom stereocenters. The van der Waals surface area contributed by atoms with Crippen molar-refractivity contribution in [3.63, 3.8) is 0 Å². The number of nitro benzene ring substituents is 1. The van der Waals surface area contributed by atoms with Crippen LogP contribution in [0.4, 0.5) is 10.5 Å². The maximum Gasteiger partial charge on any atom is 0.412 e. The van der Waals surface area contributed by atoms with Crippen LogP contribution in [-0.2, 0) is 0 Å². The molecule has 4 rings (SSSR count). The fraction of sp³-hybridized carbons (Fsp3) is 0.167. The van der Waals surface area contributed by atoms with Gasteiger partial charge in [-0.3, -0.25) is 10.1 Å². The summed E-state index contributed by atoms with van der Waals surface area (Å²) in [6, 6.07) is 31.8. The monoisotopic (exact) mass is 512 g/mol. The number of nitrogens with one attached hydrogen (secondary N) is 1. The van der Waals surface area contributed by atoms with E-state index >= 15 is 0 Å². The Balaban J connectivity index is 1.28. The van der Waals surface area contributed by atoms with Gasteiger partial charge in [0.2, 0.25) is 0 Å². The van der Waals surface area contributed by atoms with Crippen molar-refractivity contribution in [1.82, 2.24) is 5.32 Å². The minimum atomic E-state index is -0.631. The molecule has 0 heterocycles. The normalized spacial score (nSPS) is 11.3. The van der Waals surface area contributed by atoms with E-state index in [0.717, 1.165) is 22.6 Å². The van der Waals surface area contributed by atoms with E-state index < -0.39 is 11.0 Å². The highest BCUT2D eigenvalue weighted by molar-refractivity contribution is 5.70. The molecule has 8 nitrogen and oxygen atoms in total. The highest BCUT2D eigenvalue weighted by Crippen LogP contribution is 2.33. The van der Waals surface area contributed by atoms with E-state index in [1.807, 2.05) is 42.5 Å². The van der Waals surface area contributed by atoms with Gasteiger partial charge in [-0.1, -0.05) is 54.6 Å². The molecule has 0 aliphatic rings. The van der Waals surface area contributed by atoms with Crippen LogP contribution >= 0.6 is 0 Å². The number of ether oxygens (including phenoxy) is 3. The van der Waals surface area contributed by atoms with E-state index in [-0.39, 0.29) is 17.4 Å². The van der Waals surface area contributed by atoms with Crippen LogP contribution in [0.5, 0.6) is 17.2 Å². The average molecular weight is 513 g/mol. The molecule has 38 heavy (non-hydrogen) atoms. The van der Waals surface area contributed by atoms with Gasteiger partial charge < -0.3 is 19.5 Å². The number of nitrogens with zero attached hydrogens (tertiary/aromatic N) is 1. The van der Waals surface area contributed by atoms with Gasteiger partial charge in [0.25, 0.3) is 5.69 Å². The molecule has 194 valence electrons. The lowest BCUT2D eigenvalue weighted by molar-refractivity contribution is -0.384. The SMILES string of the molecule is COc1ccc(C(c2ccccc2)c2ccc(OCCCNC(=O)Oc3ccc([N+](=O)[O-])cc3)cc2)cc1. The lowest BCUT2D eigenvalue weighted by Gasteiger charge is -2.19. The lowest BCUT2D eigenvalue weighted by Crippen LogP contribution is -2.28. The van der Waals surface area contributed by atoms with Crippen molar-refractivity contribution in [2.45, 2.75) is 12.3 Å². The average Bonchev–Trinajstić information content (AvgIpc) is 2.95. The summed E-state index contributed by atoms with van der Waals surface area (Å²) in [6.45, 7) is 0.773. The highest BCUT2D eigenvalue weighted by atomic mass is 16.6. The van der Waals surface area contributed by atoms with Crippen molar-refractivity contribution < 1.29 is 23.9 Å². The fourth-order valence-electron chi connectivity index (χ4n) is 4.01. The first-order valence-corrected chi connectivity index (χ1v) is 12.2. The highest BCUT2D eigenvalue weighted by Gasteiger charge is 2.17. The molecule has 1 atom stereocenters. The second-order valence-electron chi connectivity index (χ2n) is 8.46. The standard InChI is InChI=1S/C30H28N2O6/c1-36-26-14-8-23(9-15-26)29(22-6-3-2-4-7-22)24-10-16-27(17-11-24)37-21-5-20-31-30(33)38-28-18-12-25(13-19-28)32(34)35/h2-4,6-19,29H,5,20-21H2,1H3,(H,31,33). The molecule has 4 aromatic carbocycles. The quantitative estimate of drug-likeness (QED) is 0.109. The Morgan fingerprint density at radius 2 is 1.34 bits per heavy atom. The van der Waals surface area contributed by atoms with E-state index in [4.69, 9.17) is 14.2 Å². The van der Waals surface area contributed by atoms with Crippen molar-refractivity contribution in [3.05, 3.63) is 130 Å². The van der Waals surface area contributed by atoms with E-state index in [1.165, 1.54) is 29.8 Å². The minimum absolute atomic E-state index is 0.0701. The summed E-state index contributed by atoms with van der Waals surface area (Å²) in [5.74, 6) is 1.86. The number of carbonyl (C=O) groups is 1. The van der Waals surface area contributed by atoms with Crippen molar-refractivity contribution >= 4 is 11.8 Å². The third kappa shape index (κ3) is 7.10. The Bertz CT molecular complexity index is 1320. The van der Waals surface area contributed by atoms with Crippen molar-refractivity contribution in [3.8, 4) is 17.2 Å². The summed E-state index contributed by atoms with van der Waals surface area (Å²) in [5, 5.41) is 13.3. The molecule has 0 fully saturated rings. The van der Waals surface area contributed by atoms with Crippen LogP contribution in [0.3, 0.4) is 0 Å². The first kappa shape index (κ1) is 26.2. The summed E-state index contributed by atoms with van der Waals surface area (Å²) < 4.78 is 16.3. The van der Waals surface area contributed by atoms with E-state index in [9.17, 15) is 14.9 Å². The van der Waals surface area contributed by atoms with Gasteiger partial charge in [-0.05, 0) is 59.5 Å². The van der Waals surface area contributed by atoms with Gasteiger partial charge in [-0.25, -0.2) is 4.79 Å². The molecule has 0 aromatic heterocycles. The summed E-state index contributed by atoms with van der Waals surface area (Å²) in [5.41, 5.74) is 3.43. The summed E-state index contributed by atoms with van der Waals surface area (Å²) in [6.07, 6.45) is -0.0519. The van der Waals surface area contributed by atoms with E-state index in [2.05, 4.69) is 41.7 Å². The molecule has 8 heteroatoms. The van der Waals surface area contributed by atoms with Gasteiger partial charge in [0.1, 0.15) is 17.2 Å². The van der Waals surface area contributed by atoms with Crippen LogP contribution in [0.25, 0.3) is 0 Å². The van der Waals surface area contributed by atoms with Gasteiger partial charge in [-0.15, -0.1) is 0 Å². The number of nitro groups is 1. The molecule has 1 N–H and O–H groups in total. The molecule has 4 aromatic rings. The predicted octanol–water partition coefficient (Wildman–Crippen LogP) is 6.34. The third-order valence-electron chi connectivity index (χ3n) is 5.91. The molecule has 0 saturated heterocycles. The molecule has 0 saturated carbocycles. The fourth-order valence-corrected chi connectivity index (χ4v) is 4.01. The second-order valence-corrected chi connectivity index (χ2v) is 8.46. The van der Waals surface area contributed by atoms with Crippen LogP contribution in [0, 0.1) is 10.1 Å². The second kappa shape index (κ2) is 12.9. The maximum absolute atomic E-state index is 11.9. The van der Waals surface area contributed by atoms with Crippen LogP contribution in [0.2, 0.25) is 0 Å². The Morgan fingerprint density at radius 3 is 1.92 bits per heavy atom. The Kier molecular flexibility index (Phi) is 8.91. The minimum Gasteiger partial charge on any atom is -0.497 e. The number of non-ortho nitro benzene ring substituents is 1. The number of rotatable bonds is 11. The van der Waals surface area contributed by atoms with Crippen LogP contribution in [-0.4, -0.2) is 31.3 Å². The molecule has 0 radical (unpaired) electrons. The summed E-state index contributed by atoms with van der Waals surface area (Å²) in [4.78, 5) is 22.1. The molecular weight excluding hydrogens is 484 g/mol. The molecule has 0 spiro atoms. The van der Waals surface area contributed by atoms with Gasteiger partial charge in [0.15, 0.2) is 0 Å². The lowest BCUT2D eigenvalue weighted by atomic mass is 9.85. The molecule has 0 aliphatic carbocycles. The zero-order valence-corrected chi connectivity index (χ0v) is 20.9. The van der Waals surface area contributed by atoms with Gasteiger partial charge in [0.05, 0.1) is 18.6 Å².